The molecular weight excluding hydrogens is 250 g/mol. The zero-order valence-electron chi connectivity index (χ0n) is 12.6. The van der Waals surface area contributed by atoms with Crippen molar-refractivity contribution in [3.05, 3.63) is 29.3 Å². The van der Waals surface area contributed by atoms with E-state index in [-0.39, 0.29) is 5.84 Å². The summed E-state index contributed by atoms with van der Waals surface area (Å²) in [5.41, 5.74) is 8.84. The Hall–Kier alpha value is -1.71. The van der Waals surface area contributed by atoms with Gasteiger partial charge in [-0.05, 0) is 43.7 Å². The first-order valence-electron chi connectivity index (χ1n) is 7.36. The van der Waals surface area contributed by atoms with Crippen LogP contribution >= 0.6 is 0 Å². The first-order valence-corrected chi connectivity index (χ1v) is 7.36. The highest BCUT2D eigenvalue weighted by atomic mass is 16.4. The molecule has 110 valence electrons. The molecule has 0 unspecified atom stereocenters. The third kappa shape index (κ3) is 3.06. The number of anilines is 1. The zero-order chi connectivity index (χ0) is 14.7. The molecule has 1 aromatic rings. The van der Waals surface area contributed by atoms with Crippen LogP contribution in [0.15, 0.2) is 23.4 Å². The molecule has 20 heavy (non-hydrogen) atoms. The van der Waals surface area contributed by atoms with Crippen LogP contribution in [0.2, 0.25) is 0 Å². The van der Waals surface area contributed by atoms with Crippen molar-refractivity contribution in [2.24, 2.45) is 22.7 Å². The molecule has 2 rings (SSSR count). The van der Waals surface area contributed by atoms with E-state index in [1.807, 2.05) is 13.0 Å². The van der Waals surface area contributed by atoms with Crippen LogP contribution in [0.25, 0.3) is 0 Å². The molecule has 1 heterocycles. The standard InChI is InChI=1S/C16H25N3O/c1-11(2)13-6-8-19(9-7-13)15-5-4-12(3)10-14(15)16(17)18-20/h4-5,10-11,13,20H,6-9H2,1-3H3,(H2,17,18). The van der Waals surface area contributed by atoms with E-state index < -0.39 is 0 Å². The molecule has 0 bridgehead atoms. The van der Waals surface area contributed by atoms with Crippen LogP contribution < -0.4 is 10.6 Å². The molecule has 0 atom stereocenters. The predicted molar refractivity (Wildman–Crippen MR) is 83.5 cm³/mol. The summed E-state index contributed by atoms with van der Waals surface area (Å²) in [6.45, 7) is 8.69. The van der Waals surface area contributed by atoms with E-state index in [0.29, 0.717) is 0 Å². The maximum atomic E-state index is 8.96. The Morgan fingerprint density at radius 1 is 1.35 bits per heavy atom. The zero-order valence-corrected chi connectivity index (χ0v) is 12.6. The van der Waals surface area contributed by atoms with Gasteiger partial charge in [0.15, 0.2) is 5.84 Å². The molecule has 0 aliphatic carbocycles. The molecule has 4 nitrogen and oxygen atoms in total. The molecule has 1 aliphatic heterocycles. The van der Waals surface area contributed by atoms with E-state index >= 15 is 0 Å². The van der Waals surface area contributed by atoms with Gasteiger partial charge in [-0.25, -0.2) is 0 Å². The van der Waals surface area contributed by atoms with Gasteiger partial charge in [0.25, 0.3) is 0 Å². The van der Waals surface area contributed by atoms with E-state index in [2.05, 4.69) is 36.0 Å². The van der Waals surface area contributed by atoms with Gasteiger partial charge < -0.3 is 15.8 Å². The quantitative estimate of drug-likeness (QED) is 0.386. The van der Waals surface area contributed by atoms with Crippen LogP contribution in [0.1, 0.15) is 37.8 Å². The third-order valence-corrected chi connectivity index (χ3v) is 4.36. The molecule has 0 aromatic heterocycles. The Labute approximate surface area is 121 Å². The third-order valence-electron chi connectivity index (χ3n) is 4.36. The second-order valence-electron chi connectivity index (χ2n) is 6.07. The molecule has 4 heteroatoms. The number of oxime groups is 1. The molecule has 1 aromatic carbocycles. The van der Waals surface area contributed by atoms with Crippen molar-refractivity contribution in [3.8, 4) is 0 Å². The Bertz CT molecular complexity index is 488. The molecular formula is C16H25N3O. The predicted octanol–water partition coefficient (Wildman–Crippen LogP) is 2.96. The molecule has 0 saturated carbocycles. The number of rotatable bonds is 3. The lowest BCUT2D eigenvalue weighted by Crippen LogP contribution is -2.36. The number of benzene rings is 1. The van der Waals surface area contributed by atoms with Crippen molar-refractivity contribution >= 4 is 11.5 Å². The SMILES string of the molecule is Cc1ccc(N2CCC(C(C)C)CC2)c(/C(N)=N/O)c1. The second-order valence-corrected chi connectivity index (χ2v) is 6.07. The van der Waals surface area contributed by atoms with Crippen LogP contribution in [0.5, 0.6) is 0 Å². The summed E-state index contributed by atoms with van der Waals surface area (Å²) in [6.07, 6.45) is 2.42. The summed E-state index contributed by atoms with van der Waals surface area (Å²) in [7, 11) is 0. The molecule has 0 radical (unpaired) electrons. The van der Waals surface area contributed by atoms with Crippen molar-refractivity contribution in [2.45, 2.75) is 33.6 Å². The summed E-state index contributed by atoms with van der Waals surface area (Å²) >= 11 is 0. The molecule has 0 amide bonds. The monoisotopic (exact) mass is 275 g/mol. The summed E-state index contributed by atoms with van der Waals surface area (Å²) in [5.74, 6) is 1.75. The summed E-state index contributed by atoms with van der Waals surface area (Å²) < 4.78 is 0. The normalized spacial score (nSPS) is 17.8. The average Bonchev–Trinajstić information content (AvgIpc) is 2.46. The number of amidine groups is 1. The largest absolute Gasteiger partial charge is 0.409 e. The minimum Gasteiger partial charge on any atom is -0.409 e. The van der Waals surface area contributed by atoms with Gasteiger partial charge in [-0.2, -0.15) is 0 Å². The van der Waals surface area contributed by atoms with Crippen LogP contribution in [-0.4, -0.2) is 24.1 Å². The fourth-order valence-corrected chi connectivity index (χ4v) is 2.99. The van der Waals surface area contributed by atoms with Crippen LogP contribution in [-0.2, 0) is 0 Å². The van der Waals surface area contributed by atoms with Gasteiger partial charge in [-0.1, -0.05) is 30.6 Å². The number of nitrogens with two attached hydrogens (primary N) is 1. The number of nitrogens with zero attached hydrogens (tertiary/aromatic N) is 2. The van der Waals surface area contributed by atoms with Crippen molar-refractivity contribution in [3.63, 3.8) is 0 Å². The maximum Gasteiger partial charge on any atom is 0.172 e. The van der Waals surface area contributed by atoms with Crippen LogP contribution in [0, 0.1) is 18.8 Å². The van der Waals surface area contributed by atoms with Gasteiger partial charge in [0, 0.05) is 24.3 Å². The van der Waals surface area contributed by atoms with E-state index in [9.17, 15) is 0 Å². The maximum absolute atomic E-state index is 8.96. The van der Waals surface area contributed by atoms with Gasteiger partial charge >= 0.3 is 0 Å². The molecule has 1 saturated heterocycles. The van der Waals surface area contributed by atoms with E-state index in [1.54, 1.807) is 0 Å². The van der Waals surface area contributed by atoms with E-state index in [4.69, 9.17) is 10.9 Å². The average molecular weight is 275 g/mol. The highest BCUT2D eigenvalue weighted by molar-refractivity contribution is 6.02. The first-order chi connectivity index (χ1) is 9.52. The number of hydrogen-bond acceptors (Lipinski definition) is 3. The first kappa shape index (κ1) is 14.7. The molecule has 3 N–H and O–H groups in total. The van der Waals surface area contributed by atoms with Crippen molar-refractivity contribution < 1.29 is 5.21 Å². The van der Waals surface area contributed by atoms with Crippen LogP contribution in [0.3, 0.4) is 0 Å². The van der Waals surface area contributed by atoms with Crippen molar-refractivity contribution in [2.75, 3.05) is 18.0 Å². The van der Waals surface area contributed by atoms with Crippen molar-refractivity contribution in [1.82, 2.24) is 0 Å². The highest BCUT2D eigenvalue weighted by Crippen LogP contribution is 2.30. The van der Waals surface area contributed by atoms with Gasteiger partial charge in [0.2, 0.25) is 0 Å². The smallest absolute Gasteiger partial charge is 0.172 e. The van der Waals surface area contributed by atoms with E-state index in [1.165, 1.54) is 12.8 Å². The highest BCUT2D eigenvalue weighted by Gasteiger charge is 2.23. The Balaban J connectivity index is 2.22. The number of piperidine rings is 1. The number of aryl methyl sites for hydroxylation is 1. The second kappa shape index (κ2) is 6.16. The van der Waals surface area contributed by atoms with E-state index in [0.717, 1.165) is 41.7 Å². The van der Waals surface area contributed by atoms with Gasteiger partial charge in [-0.3, -0.25) is 0 Å². The fraction of sp³-hybridized carbons (Fsp3) is 0.562. The topological polar surface area (TPSA) is 61.8 Å². The Morgan fingerprint density at radius 3 is 2.55 bits per heavy atom. The lowest BCUT2D eigenvalue weighted by molar-refractivity contribution is 0.311. The molecule has 0 spiro atoms. The van der Waals surface area contributed by atoms with Crippen molar-refractivity contribution in [1.29, 1.82) is 0 Å². The summed E-state index contributed by atoms with van der Waals surface area (Å²) in [6, 6.07) is 6.15. The van der Waals surface area contributed by atoms with Gasteiger partial charge in [0.1, 0.15) is 0 Å². The molecule has 1 fully saturated rings. The van der Waals surface area contributed by atoms with Gasteiger partial charge in [-0.15, -0.1) is 0 Å². The fourth-order valence-electron chi connectivity index (χ4n) is 2.99. The van der Waals surface area contributed by atoms with Gasteiger partial charge in [0.05, 0.1) is 0 Å². The summed E-state index contributed by atoms with van der Waals surface area (Å²) in [5, 5.41) is 12.1. The minimum absolute atomic E-state index is 0.190. The van der Waals surface area contributed by atoms with Crippen LogP contribution in [0.4, 0.5) is 5.69 Å². The summed E-state index contributed by atoms with van der Waals surface area (Å²) in [4.78, 5) is 2.35. The minimum atomic E-state index is 0.190. The lowest BCUT2D eigenvalue weighted by atomic mass is 9.86. The molecule has 1 aliphatic rings. The Morgan fingerprint density at radius 2 is 2.00 bits per heavy atom. The number of hydrogen-bond donors (Lipinski definition) is 2. The lowest BCUT2D eigenvalue weighted by Gasteiger charge is -2.36. The Kier molecular flexibility index (Phi) is 4.53.